The molecule has 6 heteroatoms. The molecule has 0 radical (unpaired) electrons. The van der Waals surface area contributed by atoms with Gasteiger partial charge in [-0.25, -0.2) is 8.42 Å². The molecule has 0 aromatic heterocycles. The van der Waals surface area contributed by atoms with Crippen molar-refractivity contribution in [3.8, 4) is 0 Å². The summed E-state index contributed by atoms with van der Waals surface area (Å²) < 4.78 is 37.1. The largest absolute Gasteiger partial charge is 1.00 e. The van der Waals surface area contributed by atoms with Crippen molar-refractivity contribution in [1.82, 2.24) is 0 Å². The average Bonchev–Trinajstić information content (AvgIpc) is 2.73. The Labute approximate surface area is 244 Å². The zero-order chi connectivity index (χ0) is 23.0. The third kappa shape index (κ3) is 29.5. The molecule has 0 saturated heterocycles. The van der Waals surface area contributed by atoms with Gasteiger partial charge in [0, 0.05) is 0 Å². The Morgan fingerprint density at radius 2 is 0.844 bits per heavy atom. The van der Waals surface area contributed by atoms with Crippen LogP contribution in [-0.2, 0) is 14.6 Å². The van der Waals surface area contributed by atoms with Crippen LogP contribution in [0.5, 0.6) is 0 Å². The van der Waals surface area contributed by atoms with E-state index in [9.17, 15) is 13.0 Å². The van der Waals surface area contributed by atoms with Crippen LogP contribution in [0.25, 0.3) is 0 Å². The molecule has 0 N–H and O–H groups in total. The molecule has 32 heavy (non-hydrogen) atoms. The fourth-order valence-electron chi connectivity index (χ4n) is 4.33. The van der Waals surface area contributed by atoms with E-state index in [1.54, 1.807) is 0 Å². The minimum Gasteiger partial charge on any atom is -0.726 e. The summed E-state index contributed by atoms with van der Waals surface area (Å²) >= 11 is 0. The van der Waals surface area contributed by atoms with Crippen LogP contribution >= 0.6 is 0 Å². The molecule has 0 spiro atoms. The van der Waals surface area contributed by atoms with E-state index in [-0.39, 0.29) is 63.9 Å². The van der Waals surface area contributed by atoms with E-state index in [0.29, 0.717) is 0 Å². The van der Waals surface area contributed by atoms with Crippen molar-refractivity contribution in [1.29, 1.82) is 0 Å². The molecule has 0 unspecified atom stereocenters. The van der Waals surface area contributed by atoms with Gasteiger partial charge in [-0.3, -0.25) is 4.18 Å². The van der Waals surface area contributed by atoms with Crippen LogP contribution in [0.4, 0.5) is 0 Å². The fourth-order valence-corrected chi connectivity index (χ4v) is 4.69. The summed E-state index contributed by atoms with van der Waals surface area (Å²) in [6.07, 6.45) is 27.9. The minimum absolute atomic E-state index is 0. The van der Waals surface area contributed by atoms with Crippen LogP contribution in [0.3, 0.4) is 0 Å². The van der Waals surface area contributed by atoms with E-state index in [2.05, 4.69) is 18.0 Å². The molecule has 0 rings (SSSR count). The quantitative estimate of drug-likeness (QED) is 0.0697. The SMILES string of the molecule is CCCCCCCCCCCCC(CCCCCCCCCCCC)COS(=O)(=O)[O-].[K+]. The molecule has 0 atom stereocenters. The van der Waals surface area contributed by atoms with Gasteiger partial charge in [0.15, 0.2) is 0 Å². The summed E-state index contributed by atoms with van der Waals surface area (Å²) in [5.74, 6) is 0.201. The first kappa shape index (κ1) is 35.7. The van der Waals surface area contributed by atoms with Crippen LogP contribution in [-0.4, -0.2) is 19.6 Å². The molecule has 0 bridgehead atoms. The van der Waals surface area contributed by atoms with Gasteiger partial charge < -0.3 is 4.55 Å². The molecular weight excluding hydrogens is 447 g/mol. The van der Waals surface area contributed by atoms with Gasteiger partial charge in [0.05, 0.1) is 6.61 Å². The summed E-state index contributed by atoms with van der Waals surface area (Å²) in [6.45, 7) is 4.57. The first-order valence-electron chi connectivity index (χ1n) is 13.6. The Morgan fingerprint density at radius 3 is 1.12 bits per heavy atom. The van der Waals surface area contributed by atoms with E-state index in [1.165, 1.54) is 116 Å². The standard InChI is InChI=1S/C26H54O4S.K/c1-3-5-7-9-11-13-15-17-19-21-23-26(25-30-31(27,28)29)24-22-20-18-16-14-12-10-8-6-4-2;/h26H,3-25H2,1-2H3,(H,27,28,29);/q;+1/p-1. The molecule has 0 aliphatic rings. The Balaban J connectivity index is 0. The number of rotatable bonds is 25. The van der Waals surface area contributed by atoms with Gasteiger partial charge in [-0.2, -0.15) is 0 Å². The number of hydrogen-bond acceptors (Lipinski definition) is 4. The van der Waals surface area contributed by atoms with Crippen molar-refractivity contribution in [3.05, 3.63) is 0 Å². The van der Waals surface area contributed by atoms with Crippen LogP contribution in [0.2, 0.25) is 0 Å². The van der Waals surface area contributed by atoms with Crippen LogP contribution in [0, 0.1) is 5.92 Å². The maximum atomic E-state index is 10.8. The van der Waals surface area contributed by atoms with Crippen molar-refractivity contribution >= 4 is 10.4 Å². The summed E-state index contributed by atoms with van der Waals surface area (Å²) in [6, 6.07) is 0. The first-order chi connectivity index (χ1) is 15.0. The topological polar surface area (TPSA) is 66.4 Å². The van der Waals surface area contributed by atoms with E-state index >= 15 is 0 Å². The Morgan fingerprint density at radius 1 is 0.562 bits per heavy atom. The maximum absolute atomic E-state index is 10.8. The summed E-state index contributed by atoms with van der Waals surface area (Å²) in [7, 11) is -4.57. The summed E-state index contributed by atoms with van der Waals surface area (Å²) in [5.41, 5.74) is 0. The van der Waals surface area contributed by atoms with Gasteiger partial charge in [-0.1, -0.05) is 142 Å². The molecule has 0 amide bonds. The van der Waals surface area contributed by atoms with Crippen molar-refractivity contribution in [2.75, 3.05) is 6.61 Å². The molecule has 0 saturated carbocycles. The molecule has 4 nitrogen and oxygen atoms in total. The minimum atomic E-state index is -4.57. The second-order valence-electron chi connectivity index (χ2n) is 9.50. The Bertz CT molecular complexity index is 433. The average molecular weight is 501 g/mol. The Hall–Kier alpha value is 1.51. The van der Waals surface area contributed by atoms with Crippen molar-refractivity contribution in [2.24, 2.45) is 5.92 Å². The van der Waals surface area contributed by atoms with E-state index in [0.717, 1.165) is 25.7 Å². The first-order valence-corrected chi connectivity index (χ1v) is 14.9. The zero-order valence-electron chi connectivity index (χ0n) is 21.9. The van der Waals surface area contributed by atoms with Gasteiger partial charge in [-0.05, 0) is 18.8 Å². The summed E-state index contributed by atoms with van der Waals surface area (Å²) in [4.78, 5) is 0. The molecular formula is C26H53KO4S. The van der Waals surface area contributed by atoms with Gasteiger partial charge >= 0.3 is 51.4 Å². The molecule has 0 aliphatic carbocycles. The van der Waals surface area contributed by atoms with Gasteiger partial charge in [-0.15, -0.1) is 0 Å². The van der Waals surface area contributed by atoms with Crippen LogP contribution in [0.15, 0.2) is 0 Å². The van der Waals surface area contributed by atoms with E-state index < -0.39 is 10.4 Å². The van der Waals surface area contributed by atoms with E-state index in [1.807, 2.05) is 0 Å². The van der Waals surface area contributed by atoms with Gasteiger partial charge in [0.1, 0.15) is 0 Å². The third-order valence-electron chi connectivity index (χ3n) is 6.38. The predicted octanol–water partition coefficient (Wildman–Crippen LogP) is 5.71. The number of unbranched alkanes of at least 4 members (excludes halogenated alkanes) is 18. The Kier molecular flexibility index (Phi) is 30.2. The van der Waals surface area contributed by atoms with E-state index in [4.69, 9.17) is 0 Å². The molecule has 0 heterocycles. The second kappa shape index (κ2) is 27.1. The van der Waals surface area contributed by atoms with Crippen molar-refractivity contribution < 1.29 is 68.5 Å². The maximum Gasteiger partial charge on any atom is 1.00 e. The van der Waals surface area contributed by atoms with Crippen molar-refractivity contribution in [3.63, 3.8) is 0 Å². The number of hydrogen-bond donors (Lipinski definition) is 0. The molecule has 0 aromatic carbocycles. The second-order valence-corrected chi connectivity index (χ2v) is 10.6. The predicted molar refractivity (Wildman–Crippen MR) is 132 cm³/mol. The fraction of sp³-hybridized carbons (Fsp3) is 1.00. The summed E-state index contributed by atoms with van der Waals surface area (Å²) in [5, 5.41) is 0. The van der Waals surface area contributed by atoms with Crippen molar-refractivity contribution in [2.45, 2.75) is 155 Å². The molecule has 188 valence electrons. The smallest absolute Gasteiger partial charge is 0.726 e. The van der Waals surface area contributed by atoms with Gasteiger partial charge in [0.25, 0.3) is 0 Å². The van der Waals surface area contributed by atoms with Crippen LogP contribution < -0.4 is 51.4 Å². The van der Waals surface area contributed by atoms with Crippen LogP contribution in [0.1, 0.15) is 155 Å². The molecule has 0 aliphatic heterocycles. The van der Waals surface area contributed by atoms with Gasteiger partial charge in [0.2, 0.25) is 10.4 Å². The molecule has 0 aromatic rings. The third-order valence-corrected chi connectivity index (χ3v) is 6.80. The normalized spacial score (nSPS) is 11.8. The monoisotopic (exact) mass is 500 g/mol. The zero-order valence-corrected chi connectivity index (χ0v) is 25.8. The molecule has 0 fully saturated rings.